The quantitative estimate of drug-likeness (QED) is 0.331. The summed E-state index contributed by atoms with van der Waals surface area (Å²) in [6.45, 7) is 4.68. The van der Waals surface area contributed by atoms with Crippen LogP contribution in [-0.4, -0.2) is 56.3 Å². The molecular weight excluding hydrogens is 512 g/mol. The van der Waals surface area contributed by atoms with Gasteiger partial charge >= 0.3 is 0 Å². The molecule has 3 aromatic carbocycles. The van der Waals surface area contributed by atoms with Crippen LogP contribution in [0.3, 0.4) is 0 Å². The Morgan fingerprint density at radius 3 is 2.42 bits per heavy atom. The third-order valence-electron chi connectivity index (χ3n) is 7.56. The third-order valence-corrected chi connectivity index (χ3v) is 7.56. The highest BCUT2D eigenvalue weighted by atomic mass is 19.1. The number of anilines is 1. The maximum absolute atomic E-state index is 14.5. The molecule has 0 amide bonds. The summed E-state index contributed by atoms with van der Waals surface area (Å²) in [5.41, 5.74) is 3.65. The number of aryl methyl sites for hydroxylation is 1. The highest BCUT2D eigenvalue weighted by molar-refractivity contribution is 5.80. The third kappa shape index (κ3) is 5.10. The molecular formula is C30H29F2N7O. The van der Waals surface area contributed by atoms with E-state index in [9.17, 15) is 13.6 Å². The summed E-state index contributed by atoms with van der Waals surface area (Å²) < 4.78 is 29.7. The molecule has 8 nitrogen and oxygen atoms in total. The van der Waals surface area contributed by atoms with Gasteiger partial charge in [0.15, 0.2) is 5.82 Å². The Hall–Kier alpha value is -4.44. The molecule has 0 radical (unpaired) electrons. The molecule has 1 unspecified atom stereocenters. The molecule has 1 aliphatic rings. The van der Waals surface area contributed by atoms with Gasteiger partial charge in [0.05, 0.1) is 12.2 Å². The molecule has 1 fully saturated rings. The Balaban J connectivity index is 1.39. The van der Waals surface area contributed by atoms with Crippen LogP contribution >= 0.6 is 0 Å². The molecule has 5 aromatic rings. The number of piperazine rings is 1. The van der Waals surface area contributed by atoms with E-state index in [0.29, 0.717) is 49.8 Å². The Labute approximate surface area is 229 Å². The van der Waals surface area contributed by atoms with Gasteiger partial charge in [0.25, 0.3) is 5.56 Å². The van der Waals surface area contributed by atoms with E-state index in [0.717, 1.165) is 22.9 Å². The number of para-hydroxylation sites is 1. The minimum absolute atomic E-state index is 0.213. The summed E-state index contributed by atoms with van der Waals surface area (Å²) in [5, 5.41) is 13.5. The van der Waals surface area contributed by atoms with Crippen LogP contribution in [0.15, 0.2) is 77.6 Å². The second-order valence-electron chi connectivity index (χ2n) is 10.0. The van der Waals surface area contributed by atoms with Crippen LogP contribution in [0.2, 0.25) is 0 Å². The van der Waals surface area contributed by atoms with Gasteiger partial charge in [-0.2, -0.15) is 0 Å². The number of nitrogens with one attached hydrogen (secondary N) is 1. The maximum Gasteiger partial charge on any atom is 0.253 e. The van der Waals surface area contributed by atoms with Crippen LogP contribution in [0.5, 0.6) is 0 Å². The largest absolute Gasteiger partial charge is 0.367 e. The smallest absolute Gasteiger partial charge is 0.253 e. The molecule has 0 bridgehead atoms. The van der Waals surface area contributed by atoms with Crippen molar-refractivity contribution in [3.05, 3.63) is 117 Å². The fraction of sp³-hybridized carbons (Fsp3) is 0.267. The molecule has 6 rings (SSSR count). The molecule has 0 spiro atoms. The molecule has 0 saturated carbocycles. The lowest BCUT2D eigenvalue weighted by molar-refractivity contribution is 0.200. The molecule has 2 aromatic heterocycles. The first-order valence-electron chi connectivity index (χ1n) is 13.4. The van der Waals surface area contributed by atoms with Gasteiger partial charge in [-0.1, -0.05) is 37.3 Å². The zero-order valence-electron chi connectivity index (χ0n) is 22.1. The van der Waals surface area contributed by atoms with E-state index in [4.69, 9.17) is 0 Å². The fourth-order valence-electron chi connectivity index (χ4n) is 5.41. The van der Waals surface area contributed by atoms with Crippen molar-refractivity contribution in [2.24, 2.45) is 0 Å². The SMILES string of the molecule is CCc1ccc2[nH]c(=O)c(C(c3nnnn3Cc3ccc(F)cc3)N3CCN(c4ccccc4F)CC3)cc2c1. The van der Waals surface area contributed by atoms with E-state index in [-0.39, 0.29) is 17.2 Å². The molecule has 1 atom stereocenters. The number of aromatic amines is 1. The molecule has 1 N–H and O–H groups in total. The summed E-state index contributed by atoms with van der Waals surface area (Å²) in [5.74, 6) is -0.0611. The second-order valence-corrected chi connectivity index (χ2v) is 10.0. The maximum atomic E-state index is 14.5. The van der Waals surface area contributed by atoms with Crippen molar-refractivity contribution in [1.29, 1.82) is 0 Å². The second kappa shape index (κ2) is 11.0. The summed E-state index contributed by atoms with van der Waals surface area (Å²) >= 11 is 0. The van der Waals surface area contributed by atoms with Gasteiger partial charge in [-0.3, -0.25) is 9.69 Å². The minimum Gasteiger partial charge on any atom is -0.367 e. The topological polar surface area (TPSA) is 82.9 Å². The summed E-state index contributed by atoms with van der Waals surface area (Å²) in [6.07, 6.45) is 0.877. The van der Waals surface area contributed by atoms with Crippen molar-refractivity contribution < 1.29 is 8.78 Å². The summed E-state index contributed by atoms with van der Waals surface area (Å²) in [7, 11) is 0. The molecule has 1 saturated heterocycles. The molecule has 3 heterocycles. The first-order valence-corrected chi connectivity index (χ1v) is 13.4. The number of halogens is 2. The van der Waals surface area contributed by atoms with E-state index in [1.54, 1.807) is 28.9 Å². The Morgan fingerprint density at radius 2 is 1.68 bits per heavy atom. The predicted octanol–water partition coefficient (Wildman–Crippen LogP) is 4.32. The molecule has 10 heteroatoms. The first-order chi connectivity index (χ1) is 19.5. The van der Waals surface area contributed by atoms with Crippen LogP contribution in [-0.2, 0) is 13.0 Å². The minimum atomic E-state index is -0.545. The van der Waals surface area contributed by atoms with Crippen molar-refractivity contribution in [1.82, 2.24) is 30.1 Å². The highest BCUT2D eigenvalue weighted by Crippen LogP contribution is 2.30. The Morgan fingerprint density at radius 1 is 0.925 bits per heavy atom. The van der Waals surface area contributed by atoms with Gasteiger partial charge < -0.3 is 9.88 Å². The average Bonchev–Trinajstić information content (AvgIpc) is 3.42. The van der Waals surface area contributed by atoms with Gasteiger partial charge in [0.1, 0.15) is 17.7 Å². The van der Waals surface area contributed by atoms with Gasteiger partial charge in [-0.25, -0.2) is 13.5 Å². The zero-order valence-corrected chi connectivity index (χ0v) is 22.1. The van der Waals surface area contributed by atoms with E-state index in [1.165, 1.54) is 23.8 Å². The highest BCUT2D eigenvalue weighted by Gasteiger charge is 2.33. The lowest BCUT2D eigenvalue weighted by Crippen LogP contribution is -2.49. The normalized spacial score (nSPS) is 15.0. The lowest BCUT2D eigenvalue weighted by atomic mass is 10.0. The van der Waals surface area contributed by atoms with Crippen LogP contribution in [0.1, 0.15) is 35.5 Å². The van der Waals surface area contributed by atoms with Crippen molar-refractivity contribution in [2.45, 2.75) is 25.9 Å². The number of nitrogens with zero attached hydrogens (tertiary/aromatic N) is 6. The summed E-state index contributed by atoms with van der Waals surface area (Å²) in [4.78, 5) is 20.8. The van der Waals surface area contributed by atoms with E-state index in [1.807, 2.05) is 29.2 Å². The lowest BCUT2D eigenvalue weighted by Gasteiger charge is -2.39. The van der Waals surface area contributed by atoms with Gasteiger partial charge in [0, 0.05) is 37.3 Å². The summed E-state index contributed by atoms with van der Waals surface area (Å²) in [6, 6.07) is 20.4. The van der Waals surface area contributed by atoms with Crippen LogP contribution in [0, 0.1) is 11.6 Å². The molecule has 1 aliphatic heterocycles. The molecule has 204 valence electrons. The van der Waals surface area contributed by atoms with Gasteiger partial charge in [0.2, 0.25) is 0 Å². The van der Waals surface area contributed by atoms with Crippen molar-refractivity contribution in [2.75, 3.05) is 31.1 Å². The number of tetrazole rings is 1. The zero-order chi connectivity index (χ0) is 27.6. The van der Waals surface area contributed by atoms with Crippen molar-refractivity contribution >= 4 is 16.6 Å². The monoisotopic (exact) mass is 541 g/mol. The molecule has 40 heavy (non-hydrogen) atoms. The number of hydrogen-bond acceptors (Lipinski definition) is 6. The number of pyridine rings is 1. The van der Waals surface area contributed by atoms with E-state index < -0.39 is 6.04 Å². The Bertz CT molecular complexity index is 1690. The van der Waals surface area contributed by atoms with E-state index >= 15 is 0 Å². The van der Waals surface area contributed by atoms with Crippen LogP contribution in [0.25, 0.3) is 10.9 Å². The Kier molecular flexibility index (Phi) is 7.08. The predicted molar refractivity (Wildman–Crippen MR) is 149 cm³/mol. The number of benzene rings is 3. The number of H-pyrrole nitrogens is 1. The first kappa shape index (κ1) is 25.8. The van der Waals surface area contributed by atoms with Crippen molar-refractivity contribution in [3.8, 4) is 0 Å². The van der Waals surface area contributed by atoms with Gasteiger partial charge in [-0.15, -0.1) is 5.10 Å². The van der Waals surface area contributed by atoms with Gasteiger partial charge in [-0.05, 0) is 75.8 Å². The average molecular weight is 542 g/mol. The number of hydrogen-bond donors (Lipinski definition) is 1. The number of fused-ring (bicyclic) bond motifs is 1. The van der Waals surface area contributed by atoms with Crippen molar-refractivity contribution in [3.63, 3.8) is 0 Å². The van der Waals surface area contributed by atoms with Crippen LogP contribution < -0.4 is 10.5 Å². The standard InChI is InChI=1S/C30H29F2N7O/c1-2-20-9-12-26-22(17-20)18-24(30(40)33-26)28(29-34-35-36-39(29)19-21-7-10-23(31)11-8-21)38-15-13-37(14-16-38)27-6-4-3-5-25(27)32/h3-12,17-18,28H,2,13-16,19H2,1H3,(H,33,40). The number of rotatable bonds is 7. The number of aromatic nitrogens is 5. The fourth-order valence-corrected chi connectivity index (χ4v) is 5.41. The van der Waals surface area contributed by atoms with E-state index in [2.05, 4.69) is 38.4 Å². The van der Waals surface area contributed by atoms with Crippen LogP contribution in [0.4, 0.5) is 14.5 Å². The molecule has 0 aliphatic carbocycles.